The van der Waals surface area contributed by atoms with E-state index in [9.17, 15) is 4.79 Å². The molecule has 0 spiro atoms. The number of aromatic nitrogens is 2. The molecule has 1 amide bonds. The zero-order valence-electron chi connectivity index (χ0n) is 12.3. The van der Waals surface area contributed by atoms with Crippen molar-refractivity contribution in [1.29, 1.82) is 5.26 Å². The number of hydrogen-bond acceptors (Lipinski definition) is 6. The van der Waals surface area contributed by atoms with Crippen LogP contribution in [0.3, 0.4) is 0 Å². The molecule has 7 heteroatoms. The van der Waals surface area contributed by atoms with Crippen LogP contribution >= 0.6 is 11.3 Å². The van der Waals surface area contributed by atoms with Crippen molar-refractivity contribution >= 4 is 17.2 Å². The predicted octanol–water partition coefficient (Wildman–Crippen LogP) is 3.07. The van der Waals surface area contributed by atoms with Crippen LogP contribution in [-0.4, -0.2) is 27.5 Å². The van der Waals surface area contributed by atoms with E-state index in [2.05, 4.69) is 16.2 Å². The Morgan fingerprint density at radius 2 is 2.36 bits per heavy atom. The van der Waals surface area contributed by atoms with Crippen LogP contribution in [0.4, 0.5) is 0 Å². The molecular formula is C15H16N4O2S. The van der Waals surface area contributed by atoms with Gasteiger partial charge in [-0.25, -0.2) is 0 Å². The lowest BCUT2D eigenvalue weighted by Gasteiger charge is -2.27. The lowest BCUT2D eigenvalue weighted by molar-refractivity contribution is 0.0675. The van der Waals surface area contributed by atoms with Crippen LogP contribution in [0.5, 0.6) is 0 Å². The highest BCUT2D eigenvalue weighted by Gasteiger charge is 2.32. The number of carbonyl (C=O) groups is 1. The lowest BCUT2D eigenvalue weighted by Crippen LogP contribution is -2.35. The lowest BCUT2D eigenvalue weighted by atomic mass is 10.1. The molecular weight excluding hydrogens is 300 g/mol. The zero-order valence-corrected chi connectivity index (χ0v) is 13.1. The van der Waals surface area contributed by atoms with E-state index in [4.69, 9.17) is 9.78 Å². The normalized spacial score (nSPS) is 18.7. The number of nitriles is 1. The molecule has 3 rings (SSSR count). The van der Waals surface area contributed by atoms with Gasteiger partial charge in [0.1, 0.15) is 10.9 Å². The van der Waals surface area contributed by atoms with Gasteiger partial charge in [0.15, 0.2) is 5.82 Å². The van der Waals surface area contributed by atoms with Crippen molar-refractivity contribution in [2.24, 2.45) is 0 Å². The summed E-state index contributed by atoms with van der Waals surface area (Å²) in [6.07, 6.45) is 3.87. The monoisotopic (exact) mass is 316 g/mol. The van der Waals surface area contributed by atoms with Gasteiger partial charge in [0.2, 0.25) is 5.89 Å². The molecule has 1 atom stereocenters. The van der Waals surface area contributed by atoms with E-state index in [1.54, 1.807) is 23.3 Å². The van der Waals surface area contributed by atoms with Gasteiger partial charge in [-0.2, -0.15) is 10.2 Å². The predicted molar refractivity (Wildman–Crippen MR) is 80.3 cm³/mol. The standard InChI is InChI=1S/C15H16N4O2S/c1-10-17-14(18-21-10)12-5-3-2-4-7-19(12)15(20)13-11(9-16)6-8-22-13/h6,8,12H,2-5,7H2,1H3. The molecule has 0 bridgehead atoms. The Labute approximate surface area is 132 Å². The van der Waals surface area contributed by atoms with E-state index < -0.39 is 0 Å². The second-order valence-corrected chi connectivity index (χ2v) is 6.23. The minimum Gasteiger partial charge on any atom is -0.340 e. The van der Waals surface area contributed by atoms with Gasteiger partial charge in [-0.3, -0.25) is 4.79 Å². The van der Waals surface area contributed by atoms with E-state index in [0.717, 1.165) is 25.7 Å². The fourth-order valence-corrected chi connectivity index (χ4v) is 3.56. The first kappa shape index (κ1) is 14.7. The maximum absolute atomic E-state index is 12.9. The number of hydrogen-bond donors (Lipinski definition) is 0. The number of thiophene rings is 1. The molecule has 6 nitrogen and oxygen atoms in total. The summed E-state index contributed by atoms with van der Waals surface area (Å²) in [5, 5.41) is 14.9. The van der Waals surface area contributed by atoms with Crippen LogP contribution in [0.25, 0.3) is 0 Å². The van der Waals surface area contributed by atoms with Gasteiger partial charge < -0.3 is 9.42 Å². The Kier molecular flexibility index (Phi) is 4.20. The Hall–Kier alpha value is -2.20. The Morgan fingerprint density at radius 1 is 1.50 bits per heavy atom. The molecule has 1 aliphatic rings. The summed E-state index contributed by atoms with van der Waals surface area (Å²) < 4.78 is 5.07. The van der Waals surface area contributed by atoms with E-state index in [1.165, 1.54) is 11.3 Å². The molecule has 22 heavy (non-hydrogen) atoms. The maximum atomic E-state index is 12.9. The van der Waals surface area contributed by atoms with Crippen molar-refractivity contribution in [1.82, 2.24) is 15.0 Å². The smallest absolute Gasteiger partial charge is 0.265 e. The Bertz CT molecular complexity index is 715. The van der Waals surface area contributed by atoms with Gasteiger partial charge in [-0.15, -0.1) is 11.3 Å². The number of rotatable bonds is 2. The molecule has 1 saturated heterocycles. The van der Waals surface area contributed by atoms with Gasteiger partial charge in [-0.05, 0) is 24.3 Å². The van der Waals surface area contributed by atoms with E-state index >= 15 is 0 Å². The molecule has 0 radical (unpaired) electrons. The minimum atomic E-state index is -0.180. The molecule has 2 aromatic heterocycles. The van der Waals surface area contributed by atoms with Gasteiger partial charge in [0.05, 0.1) is 11.6 Å². The number of carbonyl (C=O) groups excluding carboxylic acids is 1. The van der Waals surface area contributed by atoms with Gasteiger partial charge in [0.25, 0.3) is 5.91 Å². The van der Waals surface area contributed by atoms with Crippen LogP contribution in [0, 0.1) is 18.3 Å². The molecule has 0 aromatic carbocycles. The van der Waals surface area contributed by atoms with Gasteiger partial charge in [0, 0.05) is 13.5 Å². The second-order valence-electron chi connectivity index (χ2n) is 5.31. The molecule has 1 unspecified atom stereocenters. The molecule has 0 aliphatic carbocycles. The van der Waals surface area contributed by atoms with Crippen molar-refractivity contribution in [2.45, 2.75) is 38.6 Å². The van der Waals surface area contributed by atoms with Crippen molar-refractivity contribution in [3.05, 3.63) is 33.6 Å². The molecule has 1 aliphatic heterocycles. The number of nitrogens with zero attached hydrogens (tertiary/aromatic N) is 4. The first-order chi connectivity index (χ1) is 10.7. The van der Waals surface area contributed by atoms with Crippen molar-refractivity contribution in [3.63, 3.8) is 0 Å². The SMILES string of the molecule is Cc1nc(C2CCCCCN2C(=O)c2sccc2C#N)no1. The highest BCUT2D eigenvalue weighted by atomic mass is 32.1. The summed E-state index contributed by atoms with van der Waals surface area (Å²) >= 11 is 1.31. The third-order valence-corrected chi connectivity index (χ3v) is 4.74. The van der Waals surface area contributed by atoms with Crippen LogP contribution < -0.4 is 0 Å². The van der Waals surface area contributed by atoms with Crippen LogP contribution in [-0.2, 0) is 0 Å². The van der Waals surface area contributed by atoms with Gasteiger partial charge in [-0.1, -0.05) is 18.0 Å². The summed E-state index contributed by atoms with van der Waals surface area (Å²) in [6, 6.07) is 3.59. The quantitative estimate of drug-likeness (QED) is 0.850. The van der Waals surface area contributed by atoms with Crippen molar-refractivity contribution < 1.29 is 9.32 Å². The third-order valence-electron chi connectivity index (χ3n) is 3.83. The Balaban J connectivity index is 1.94. The number of amides is 1. The molecule has 1 fully saturated rings. The van der Waals surface area contributed by atoms with E-state index in [-0.39, 0.29) is 11.9 Å². The summed E-state index contributed by atoms with van der Waals surface area (Å²) in [5.74, 6) is 0.948. The first-order valence-electron chi connectivity index (χ1n) is 7.29. The van der Waals surface area contributed by atoms with E-state index in [1.807, 2.05) is 0 Å². The molecule has 0 saturated carbocycles. The topological polar surface area (TPSA) is 83.0 Å². The van der Waals surface area contributed by atoms with Crippen LogP contribution in [0.1, 0.15) is 58.7 Å². The highest BCUT2D eigenvalue weighted by Crippen LogP contribution is 2.31. The first-order valence-corrected chi connectivity index (χ1v) is 8.17. The van der Waals surface area contributed by atoms with Crippen molar-refractivity contribution in [3.8, 4) is 6.07 Å². The third kappa shape index (κ3) is 2.74. The molecule has 2 aromatic rings. The summed E-state index contributed by atoms with van der Waals surface area (Å²) in [5.41, 5.74) is 0.433. The average Bonchev–Trinajstić information content (AvgIpc) is 3.09. The second kappa shape index (κ2) is 6.28. The van der Waals surface area contributed by atoms with Gasteiger partial charge >= 0.3 is 0 Å². The van der Waals surface area contributed by atoms with Crippen molar-refractivity contribution in [2.75, 3.05) is 6.54 Å². The van der Waals surface area contributed by atoms with E-state index in [0.29, 0.717) is 28.7 Å². The molecule has 3 heterocycles. The minimum absolute atomic E-state index is 0.110. The summed E-state index contributed by atoms with van der Waals surface area (Å²) in [7, 11) is 0. The highest BCUT2D eigenvalue weighted by molar-refractivity contribution is 7.12. The fraction of sp³-hybridized carbons (Fsp3) is 0.467. The number of aryl methyl sites for hydroxylation is 1. The van der Waals surface area contributed by atoms with Crippen LogP contribution in [0.2, 0.25) is 0 Å². The summed E-state index contributed by atoms with van der Waals surface area (Å²) in [4.78, 5) is 19.5. The number of likely N-dealkylation sites (tertiary alicyclic amines) is 1. The maximum Gasteiger partial charge on any atom is 0.265 e. The largest absolute Gasteiger partial charge is 0.340 e. The average molecular weight is 316 g/mol. The molecule has 0 N–H and O–H groups in total. The zero-order chi connectivity index (χ0) is 15.5. The summed E-state index contributed by atoms with van der Waals surface area (Å²) in [6.45, 7) is 2.40. The molecule has 114 valence electrons. The fourth-order valence-electron chi connectivity index (χ4n) is 2.76. The Morgan fingerprint density at radius 3 is 3.09 bits per heavy atom. The van der Waals surface area contributed by atoms with Crippen LogP contribution in [0.15, 0.2) is 16.0 Å².